The van der Waals surface area contributed by atoms with Crippen LogP contribution in [0.1, 0.15) is 47.4 Å². The van der Waals surface area contributed by atoms with Gasteiger partial charge in [0.05, 0.1) is 0 Å². The van der Waals surface area contributed by atoms with Crippen LogP contribution in [0.4, 0.5) is 0 Å². The van der Waals surface area contributed by atoms with Crippen LogP contribution in [0.3, 0.4) is 0 Å². The first-order chi connectivity index (χ1) is 10.8. The summed E-state index contributed by atoms with van der Waals surface area (Å²) in [6.45, 7) is 2.24. The van der Waals surface area contributed by atoms with Crippen molar-refractivity contribution in [2.24, 2.45) is 0 Å². The molecule has 0 saturated heterocycles. The third-order valence-electron chi connectivity index (χ3n) is 3.70. The third-order valence-corrected chi connectivity index (χ3v) is 6.11. The Morgan fingerprint density at radius 3 is 2.91 bits per heavy atom. The fourth-order valence-electron chi connectivity index (χ4n) is 2.60. The van der Waals surface area contributed by atoms with E-state index in [4.69, 9.17) is 4.74 Å². The van der Waals surface area contributed by atoms with Crippen molar-refractivity contribution < 1.29 is 9.53 Å². The molecule has 1 aromatic heterocycles. The molecule has 0 radical (unpaired) electrons. The maximum absolute atomic E-state index is 12.2. The Morgan fingerprint density at radius 2 is 2.14 bits per heavy atom. The molecule has 112 valence electrons. The van der Waals surface area contributed by atoms with Crippen molar-refractivity contribution in [2.75, 3.05) is 6.61 Å². The van der Waals surface area contributed by atoms with E-state index in [-0.39, 0.29) is 20.5 Å². The van der Waals surface area contributed by atoms with Crippen LogP contribution in [-0.4, -0.2) is 27.1 Å². The molecule has 0 aliphatic heterocycles. The minimum atomic E-state index is -0.208. The quantitative estimate of drug-likeness (QED) is 0.463. The monoisotopic (exact) mass is 358 g/mol. The third kappa shape index (κ3) is 3.19. The Bertz CT molecular complexity index is 787. The number of hydrogen-bond acceptors (Lipinski definition) is 2. The van der Waals surface area contributed by atoms with Crippen molar-refractivity contribution >= 4 is 30.1 Å². The van der Waals surface area contributed by atoms with E-state index in [1.165, 1.54) is 22.7 Å². The second-order valence-electron chi connectivity index (χ2n) is 5.25. The Hall–Kier alpha value is -1.75. The van der Waals surface area contributed by atoms with Gasteiger partial charge in [-0.25, -0.2) is 0 Å². The topological polar surface area (TPSA) is 26.3 Å². The summed E-state index contributed by atoms with van der Waals surface area (Å²) in [6.07, 6.45) is 6.88. The summed E-state index contributed by atoms with van der Waals surface area (Å²) in [5, 5.41) is 1.11. The molecule has 22 heavy (non-hydrogen) atoms. The van der Waals surface area contributed by atoms with E-state index in [9.17, 15) is 4.79 Å². The van der Waals surface area contributed by atoms with Gasteiger partial charge in [-0.05, 0) is 0 Å². The van der Waals surface area contributed by atoms with Crippen molar-refractivity contribution in [3.63, 3.8) is 0 Å². The summed E-state index contributed by atoms with van der Waals surface area (Å²) < 4.78 is 7.20. The van der Waals surface area contributed by atoms with Crippen LogP contribution in [-0.2, 0) is 4.74 Å². The first kappa shape index (κ1) is 15.2. The van der Waals surface area contributed by atoms with Gasteiger partial charge >= 0.3 is 137 Å². The van der Waals surface area contributed by atoms with Crippen LogP contribution in [0.5, 0.6) is 0 Å². The molecule has 0 bridgehead atoms. The van der Waals surface area contributed by atoms with Gasteiger partial charge < -0.3 is 0 Å². The molecule has 0 fully saturated rings. The zero-order valence-corrected chi connectivity index (χ0v) is 14.4. The van der Waals surface area contributed by atoms with Crippen LogP contribution in [0.25, 0.3) is 9.65 Å². The van der Waals surface area contributed by atoms with Gasteiger partial charge in [0, 0.05) is 0 Å². The van der Waals surface area contributed by atoms with Crippen LogP contribution in [0.2, 0.25) is 0 Å². The van der Waals surface area contributed by atoms with Crippen molar-refractivity contribution in [3.8, 4) is 11.8 Å². The fourth-order valence-corrected chi connectivity index (χ4v) is 4.81. The molecule has 0 unspecified atom stereocenters. The van der Waals surface area contributed by atoms with Gasteiger partial charge in [0.15, 0.2) is 0 Å². The minimum absolute atomic E-state index is 0.00615. The van der Waals surface area contributed by atoms with E-state index < -0.39 is 0 Å². The normalized spacial score (nSPS) is 14.1. The SMILES string of the molecule is CCOC(=O)c1[se]c2ccccc2c1C#CC1=CCCCC1. The summed E-state index contributed by atoms with van der Waals surface area (Å²) in [5.41, 5.74) is 2.08. The summed E-state index contributed by atoms with van der Waals surface area (Å²) in [5.74, 6) is 6.35. The Kier molecular flexibility index (Phi) is 4.83. The number of hydrogen-bond donors (Lipinski definition) is 0. The Labute approximate surface area is 136 Å². The molecule has 2 nitrogen and oxygen atoms in total. The molecular weight excluding hydrogens is 339 g/mol. The molecule has 0 saturated carbocycles. The molecule has 1 heterocycles. The predicted molar refractivity (Wildman–Crippen MR) is 90.3 cm³/mol. The second-order valence-corrected chi connectivity index (χ2v) is 7.46. The standard InChI is InChI=1S/C19H18O2Se/c1-2-21-19(20)18-16(13-12-14-8-4-3-5-9-14)15-10-6-7-11-17(15)22-18/h6-8,10-11H,2-5,9H2,1H3. The summed E-state index contributed by atoms with van der Waals surface area (Å²) in [7, 11) is 0. The summed E-state index contributed by atoms with van der Waals surface area (Å²) in [4.78, 5) is 12.2. The predicted octanol–water partition coefficient (Wildman–Crippen LogP) is 3.93. The number of esters is 1. The van der Waals surface area contributed by atoms with Gasteiger partial charge in [0.25, 0.3) is 0 Å². The van der Waals surface area contributed by atoms with Crippen LogP contribution < -0.4 is 0 Å². The Balaban J connectivity index is 2.06. The van der Waals surface area contributed by atoms with E-state index in [1.807, 2.05) is 19.1 Å². The van der Waals surface area contributed by atoms with Crippen LogP contribution in [0, 0.1) is 11.8 Å². The molecule has 3 heteroatoms. The molecule has 1 aliphatic carbocycles. The van der Waals surface area contributed by atoms with Crippen LogP contribution >= 0.6 is 0 Å². The number of carbonyl (C=O) groups excluding carboxylic acids is 1. The zero-order valence-electron chi connectivity index (χ0n) is 12.6. The van der Waals surface area contributed by atoms with Gasteiger partial charge in [0.2, 0.25) is 0 Å². The van der Waals surface area contributed by atoms with Crippen molar-refractivity contribution in [1.82, 2.24) is 0 Å². The average Bonchev–Trinajstić information content (AvgIpc) is 2.93. The van der Waals surface area contributed by atoms with E-state index in [0.717, 1.165) is 28.2 Å². The zero-order chi connectivity index (χ0) is 15.4. The molecule has 0 amide bonds. The van der Waals surface area contributed by atoms with Crippen LogP contribution in [0.15, 0.2) is 35.9 Å². The van der Waals surface area contributed by atoms with Gasteiger partial charge in [-0.3, -0.25) is 0 Å². The van der Waals surface area contributed by atoms with Crippen molar-refractivity contribution in [1.29, 1.82) is 0 Å². The van der Waals surface area contributed by atoms with Gasteiger partial charge in [-0.15, -0.1) is 0 Å². The molecule has 0 atom stereocenters. The molecule has 0 N–H and O–H groups in total. The van der Waals surface area contributed by atoms with E-state index in [2.05, 4.69) is 30.0 Å². The number of fused-ring (bicyclic) bond motifs is 1. The number of benzene rings is 1. The Morgan fingerprint density at radius 1 is 1.27 bits per heavy atom. The number of ether oxygens (including phenoxy) is 1. The number of carbonyl (C=O) groups is 1. The van der Waals surface area contributed by atoms with E-state index in [0.29, 0.717) is 6.61 Å². The van der Waals surface area contributed by atoms with Gasteiger partial charge in [0.1, 0.15) is 0 Å². The molecule has 1 aromatic carbocycles. The summed E-state index contributed by atoms with van der Waals surface area (Å²) >= 11 is -0.00615. The average molecular weight is 357 g/mol. The second kappa shape index (κ2) is 7.01. The molecular formula is C19H18O2Se. The number of allylic oxidation sites excluding steroid dienone is 2. The van der Waals surface area contributed by atoms with Gasteiger partial charge in [-0.1, -0.05) is 0 Å². The van der Waals surface area contributed by atoms with E-state index in [1.54, 1.807) is 0 Å². The molecule has 0 spiro atoms. The summed E-state index contributed by atoms with van der Waals surface area (Å²) in [6, 6.07) is 8.17. The molecule has 3 rings (SSSR count). The molecule has 1 aliphatic rings. The number of rotatable bonds is 2. The van der Waals surface area contributed by atoms with Gasteiger partial charge in [-0.2, -0.15) is 0 Å². The van der Waals surface area contributed by atoms with Crippen molar-refractivity contribution in [2.45, 2.75) is 32.6 Å². The maximum atomic E-state index is 12.2. The first-order valence-corrected chi connectivity index (χ1v) is 9.40. The first-order valence-electron chi connectivity index (χ1n) is 7.69. The fraction of sp³-hybridized carbons (Fsp3) is 0.316. The molecule has 2 aromatic rings. The van der Waals surface area contributed by atoms with E-state index >= 15 is 0 Å². The van der Waals surface area contributed by atoms with Crippen molar-refractivity contribution in [3.05, 3.63) is 45.9 Å².